The van der Waals surface area contributed by atoms with E-state index in [2.05, 4.69) is 27.7 Å². The summed E-state index contributed by atoms with van der Waals surface area (Å²) < 4.78 is 0. The predicted octanol–water partition coefficient (Wildman–Crippen LogP) is 1.04. The molecule has 0 aromatic heterocycles. The third-order valence-corrected chi connectivity index (χ3v) is 4.70. The van der Waals surface area contributed by atoms with Gasteiger partial charge in [-0.05, 0) is 45.2 Å². The van der Waals surface area contributed by atoms with Crippen LogP contribution in [0.1, 0.15) is 45.4 Å². The molecule has 0 aromatic rings. The molecule has 0 bridgehead atoms. The van der Waals surface area contributed by atoms with Crippen LogP contribution in [0.5, 0.6) is 0 Å². The number of nitrogens with zero attached hydrogens (tertiary/aromatic N) is 1. The number of hydrogen-bond acceptors (Lipinski definition) is 4. The van der Waals surface area contributed by atoms with Gasteiger partial charge in [-0.3, -0.25) is 9.69 Å². The molecule has 2 heterocycles. The first-order valence-corrected chi connectivity index (χ1v) is 8.80. The Morgan fingerprint density at radius 1 is 1.32 bits per heavy atom. The van der Waals surface area contributed by atoms with Gasteiger partial charge in [0.1, 0.15) is 0 Å². The van der Waals surface area contributed by atoms with Crippen molar-refractivity contribution in [3.8, 4) is 0 Å². The fourth-order valence-corrected chi connectivity index (χ4v) is 3.39. The first kappa shape index (κ1) is 17.4. The lowest BCUT2D eigenvalue weighted by Gasteiger charge is -2.41. The topological polar surface area (TPSA) is 64.6 Å². The van der Waals surface area contributed by atoms with E-state index in [1.807, 2.05) is 6.92 Å². The molecule has 1 amide bonds. The average Bonchev–Trinajstić information content (AvgIpc) is 2.54. The van der Waals surface area contributed by atoms with Gasteiger partial charge in [0.15, 0.2) is 0 Å². The quantitative estimate of drug-likeness (QED) is 0.667. The van der Waals surface area contributed by atoms with Crippen LogP contribution >= 0.6 is 0 Å². The van der Waals surface area contributed by atoms with Gasteiger partial charge in [0.25, 0.3) is 0 Å². The Bertz CT molecular complexity index is 373. The van der Waals surface area contributed by atoms with Gasteiger partial charge in [-0.15, -0.1) is 0 Å². The summed E-state index contributed by atoms with van der Waals surface area (Å²) in [5.41, 5.74) is 0. The zero-order valence-corrected chi connectivity index (χ0v) is 13.8. The molecule has 126 valence electrons. The van der Waals surface area contributed by atoms with Gasteiger partial charge in [0.2, 0.25) is 5.91 Å². The summed E-state index contributed by atoms with van der Waals surface area (Å²) in [6.45, 7) is 5.72. The highest BCUT2D eigenvalue weighted by Crippen LogP contribution is 2.23. The molecule has 1 saturated heterocycles. The van der Waals surface area contributed by atoms with Crippen LogP contribution in [0, 0.1) is 0 Å². The summed E-state index contributed by atoms with van der Waals surface area (Å²) in [6.07, 6.45) is 9.25. The van der Waals surface area contributed by atoms with Crippen LogP contribution in [0.2, 0.25) is 0 Å². The van der Waals surface area contributed by atoms with Crippen LogP contribution in [0.25, 0.3) is 0 Å². The number of rotatable bonds is 2. The van der Waals surface area contributed by atoms with Gasteiger partial charge in [0.05, 0.1) is 12.1 Å². The smallest absolute Gasteiger partial charge is 0.221 e. The molecule has 2 aliphatic heterocycles. The fraction of sp³-hybridized carbons (Fsp3) is 0.824. The van der Waals surface area contributed by atoms with Crippen molar-refractivity contribution in [1.29, 1.82) is 0 Å². The number of amides is 1. The second-order valence-electron chi connectivity index (χ2n) is 6.39. The standard InChI is InChI=1S/C17H31N3O2/c1-2-16(21)15-8-5-7-14-13-17(22)19-11-4-3-9-18-10-6-12-20(14)15/h5,8,14-16,18,21H,2-4,6-7,9-13H2,1H3,(H,19,22)/t14-,15+,16-/m1/s1. The molecule has 0 spiro atoms. The summed E-state index contributed by atoms with van der Waals surface area (Å²) >= 11 is 0. The van der Waals surface area contributed by atoms with Gasteiger partial charge in [-0.25, -0.2) is 0 Å². The Hall–Kier alpha value is -0.910. The molecule has 2 rings (SSSR count). The maximum Gasteiger partial charge on any atom is 0.221 e. The van der Waals surface area contributed by atoms with E-state index in [4.69, 9.17) is 0 Å². The van der Waals surface area contributed by atoms with Crippen LogP contribution in [0.4, 0.5) is 0 Å². The van der Waals surface area contributed by atoms with Gasteiger partial charge in [0, 0.05) is 25.6 Å². The van der Waals surface area contributed by atoms with Crippen LogP contribution in [0.15, 0.2) is 12.2 Å². The van der Waals surface area contributed by atoms with E-state index in [1.165, 1.54) is 0 Å². The summed E-state index contributed by atoms with van der Waals surface area (Å²) in [4.78, 5) is 14.5. The van der Waals surface area contributed by atoms with E-state index in [9.17, 15) is 9.90 Å². The molecule has 5 heteroatoms. The second-order valence-corrected chi connectivity index (χ2v) is 6.39. The average molecular weight is 309 g/mol. The van der Waals surface area contributed by atoms with Crippen molar-refractivity contribution in [2.75, 3.05) is 26.2 Å². The van der Waals surface area contributed by atoms with Gasteiger partial charge in [-0.2, -0.15) is 0 Å². The Kier molecular flexibility index (Phi) is 7.36. The van der Waals surface area contributed by atoms with E-state index in [-0.39, 0.29) is 24.1 Å². The molecule has 0 radical (unpaired) electrons. The van der Waals surface area contributed by atoms with E-state index in [0.29, 0.717) is 6.42 Å². The van der Waals surface area contributed by atoms with Crippen molar-refractivity contribution in [2.45, 2.75) is 63.6 Å². The van der Waals surface area contributed by atoms with Crippen molar-refractivity contribution >= 4 is 5.91 Å². The number of aliphatic hydroxyl groups is 1. The maximum atomic E-state index is 12.1. The minimum absolute atomic E-state index is 0.0432. The van der Waals surface area contributed by atoms with Gasteiger partial charge in [-0.1, -0.05) is 19.1 Å². The molecule has 5 nitrogen and oxygen atoms in total. The molecule has 22 heavy (non-hydrogen) atoms. The highest BCUT2D eigenvalue weighted by Gasteiger charge is 2.32. The summed E-state index contributed by atoms with van der Waals surface area (Å²) in [5, 5.41) is 16.8. The van der Waals surface area contributed by atoms with Gasteiger partial charge < -0.3 is 15.7 Å². The SMILES string of the molecule is CC[C@@H](O)[C@@H]1C=CC[C@@H]2CC(=O)NCCCCNCCCN21. The predicted molar refractivity (Wildman–Crippen MR) is 88.7 cm³/mol. The van der Waals surface area contributed by atoms with Crippen LogP contribution in [-0.2, 0) is 4.79 Å². The number of fused-ring (bicyclic) bond motifs is 1. The number of aliphatic hydroxyl groups excluding tert-OH is 1. The summed E-state index contributed by atoms with van der Waals surface area (Å²) in [7, 11) is 0. The van der Waals surface area contributed by atoms with Crippen LogP contribution in [0.3, 0.4) is 0 Å². The van der Waals surface area contributed by atoms with Crippen molar-refractivity contribution < 1.29 is 9.90 Å². The lowest BCUT2D eigenvalue weighted by Crippen LogP contribution is -2.51. The molecule has 0 saturated carbocycles. The van der Waals surface area contributed by atoms with E-state index in [1.54, 1.807) is 0 Å². The number of nitrogens with one attached hydrogen (secondary N) is 2. The largest absolute Gasteiger partial charge is 0.391 e. The first-order valence-electron chi connectivity index (χ1n) is 8.80. The monoisotopic (exact) mass is 309 g/mol. The molecule has 0 unspecified atom stereocenters. The van der Waals surface area contributed by atoms with Crippen molar-refractivity contribution in [3.05, 3.63) is 12.2 Å². The molecular formula is C17H31N3O2. The second kappa shape index (κ2) is 9.28. The third kappa shape index (κ3) is 5.07. The maximum absolute atomic E-state index is 12.1. The van der Waals surface area contributed by atoms with Crippen LogP contribution in [-0.4, -0.2) is 60.3 Å². The molecule has 0 aromatic carbocycles. The third-order valence-electron chi connectivity index (χ3n) is 4.70. The highest BCUT2D eigenvalue weighted by molar-refractivity contribution is 5.76. The Labute approximate surface area is 134 Å². The van der Waals surface area contributed by atoms with Crippen LogP contribution < -0.4 is 10.6 Å². The van der Waals surface area contributed by atoms with Crippen molar-refractivity contribution in [3.63, 3.8) is 0 Å². The zero-order valence-electron chi connectivity index (χ0n) is 13.8. The Balaban J connectivity index is 2.06. The minimum Gasteiger partial charge on any atom is -0.391 e. The molecular weight excluding hydrogens is 278 g/mol. The fourth-order valence-electron chi connectivity index (χ4n) is 3.39. The Morgan fingerprint density at radius 3 is 2.91 bits per heavy atom. The molecule has 2 aliphatic rings. The summed E-state index contributed by atoms with van der Waals surface area (Å²) in [6, 6.07) is 0.249. The van der Waals surface area contributed by atoms with E-state index >= 15 is 0 Å². The highest BCUT2D eigenvalue weighted by atomic mass is 16.3. The zero-order chi connectivity index (χ0) is 15.8. The lowest BCUT2D eigenvalue weighted by atomic mass is 9.95. The Morgan fingerprint density at radius 2 is 2.09 bits per heavy atom. The number of carbonyl (C=O) groups is 1. The normalized spacial score (nSPS) is 30.4. The van der Waals surface area contributed by atoms with Crippen molar-refractivity contribution in [2.24, 2.45) is 0 Å². The summed E-state index contributed by atoms with van der Waals surface area (Å²) in [5.74, 6) is 0.141. The molecule has 3 N–H and O–H groups in total. The molecule has 0 aliphatic carbocycles. The molecule has 3 atom stereocenters. The van der Waals surface area contributed by atoms with E-state index in [0.717, 1.165) is 58.3 Å². The molecule has 1 fully saturated rings. The van der Waals surface area contributed by atoms with Gasteiger partial charge >= 0.3 is 0 Å². The first-order chi connectivity index (χ1) is 10.7. The minimum atomic E-state index is -0.356. The number of carbonyl (C=O) groups excluding carboxylic acids is 1. The number of hydrogen-bond donors (Lipinski definition) is 3. The van der Waals surface area contributed by atoms with E-state index < -0.39 is 0 Å². The van der Waals surface area contributed by atoms with Crippen molar-refractivity contribution in [1.82, 2.24) is 15.5 Å². The lowest BCUT2D eigenvalue weighted by molar-refractivity contribution is -0.122.